The van der Waals surface area contributed by atoms with Crippen molar-refractivity contribution in [1.82, 2.24) is 5.32 Å². The Morgan fingerprint density at radius 2 is 2.32 bits per heavy atom. The average Bonchev–Trinajstić information content (AvgIpc) is 2.75. The van der Waals surface area contributed by atoms with Crippen LogP contribution in [0.5, 0.6) is 5.75 Å². The zero-order valence-corrected chi connectivity index (χ0v) is 12.8. The molecule has 1 aromatic rings. The first-order valence-electron chi connectivity index (χ1n) is 6.81. The lowest BCUT2D eigenvalue weighted by Gasteiger charge is -2.12. The number of halogens is 1. The van der Waals surface area contributed by atoms with Crippen molar-refractivity contribution in [2.24, 2.45) is 5.92 Å². The second kappa shape index (κ2) is 6.94. The lowest BCUT2D eigenvalue weighted by Crippen LogP contribution is -2.33. The average molecular weight is 326 g/mol. The molecule has 0 bridgehead atoms. The maximum atomic E-state index is 11.8. The van der Waals surface area contributed by atoms with Gasteiger partial charge in [0, 0.05) is 10.5 Å². The Kier molecular flexibility index (Phi) is 5.25. The molecule has 0 aromatic heterocycles. The first-order chi connectivity index (χ1) is 9.13. The van der Waals surface area contributed by atoms with Crippen molar-refractivity contribution < 1.29 is 9.53 Å². The number of carbonyl (C=O) groups is 1. The van der Waals surface area contributed by atoms with Crippen molar-refractivity contribution in [2.45, 2.75) is 38.6 Å². The first kappa shape index (κ1) is 14.4. The molecule has 1 aromatic carbocycles. The van der Waals surface area contributed by atoms with Crippen molar-refractivity contribution in [3.05, 3.63) is 28.7 Å². The number of rotatable bonds is 5. The number of nitrogens with one attached hydrogen (secondary N) is 1. The zero-order valence-electron chi connectivity index (χ0n) is 11.2. The third kappa shape index (κ3) is 4.86. The Hall–Kier alpha value is -1.03. The van der Waals surface area contributed by atoms with Crippen LogP contribution in [-0.2, 0) is 4.79 Å². The third-order valence-electron chi connectivity index (χ3n) is 3.45. The first-order valence-corrected chi connectivity index (χ1v) is 7.60. The predicted octanol–water partition coefficient (Wildman–Crippen LogP) is 3.52. The fourth-order valence-corrected chi connectivity index (χ4v) is 2.83. The van der Waals surface area contributed by atoms with Crippen LogP contribution in [0.4, 0.5) is 0 Å². The normalized spacial score (nSPS) is 22.2. The Morgan fingerprint density at radius 3 is 3.00 bits per heavy atom. The molecule has 1 amide bonds. The van der Waals surface area contributed by atoms with E-state index in [9.17, 15) is 4.79 Å². The highest BCUT2D eigenvalue weighted by molar-refractivity contribution is 9.10. The molecule has 0 aliphatic heterocycles. The van der Waals surface area contributed by atoms with Gasteiger partial charge in [0.1, 0.15) is 5.75 Å². The van der Waals surface area contributed by atoms with Crippen molar-refractivity contribution >= 4 is 21.8 Å². The van der Waals surface area contributed by atoms with E-state index in [4.69, 9.17) is 4.74 Å². The van der Waals surface area contributed by atoms with Crippen LogP contribution in [0, 0.1) is 5.92 Å². The number of hydrogen-bond donors (Lipinski definition) is 1. The molecule has 1 N–H and O–H groups in total. The summed E-state index contributed by atoms with van der Waals surface area (Å²) in [4.78, 5) is 11.8. The van der Waals surface area contributed by atoms with Crippen LogP contribution in [-0.4, -0.2) is 18.6 Å². The van der Waals surface area contributed by atoms with Gasteiger partial charge in [-0.3, -0.25) is 4.79 Å². The molecule has 0 spiro atoms. The van der Waals surface area contributed by atoms with Gasteiger partial charge in [-0.05, 0) is 43.4 Å². The molecule has 2 rings (SSSR count). The molecule has 1 aliphatic rings. The Balaban J connectivity index is 1.66. The van der Waals surface area contributed by atoms with Gasteiger partial charge in [-0.25, -0.2) is 0 Å². The second-order valence-electron chi connectivity index (χ2n) is 5.24. The van der Waals surface area contributed by atoms with E-state index < -0.39 is 0 Å². The summed E-state index contributed by atoms with van der Waals surface area (Å²) in [6.45, 7) is 2.66. The Labute approximate surface area is 122 Å². The fourth-order valence-electron chi connectivity index (χ4n) is 2.46. The van der Waals surface area contributed by atoms with Crippen molar-refractivity contribution in [3.8, 4) is 5.75 Å². The zero-order chi connectivity index (χ0) is 13.7. The molecular weight excluding hydrogens is 306 g/mol. The van der Waals surface area contributed by atoms with Crippen LogP contribution >= 0.6 is 15.9 Å². The summed E-state index contributed by atoms with van der Waals surface area (Å²) in [5.74, 6) is 1.62. The van der Waals surface area contributed by atoms with Gasteiger partial charge in [-0.1, -0.05) is 28.9 Å². The molecule has 0 saturated heterocycles. The molecule has 0 heterocycles. The van der Waals surface area contributed by atoms with Crippen molar-refractivity contribution in [2.75, 3.05) is 6.61 Å². The SMILES string of the molecule is CC1CCC(NC(=O)CCOc2cccc(Br)c2)C1. The second-order valence-corrected chi connectivity index (χ2v) is 6.15. The smallest absolute Gasteiger partial charge is 0.223 e. The van der Waals surface area contributed by atoms with Crippen LogP contribution in [0.1, 0.15) is 32.6 Å². The van der Waals surface area contributed by atoms with E-state index in [1.807, 2.05) is 24.3 Å². The van der Waals surface area contributed by atoms with Gasteiger partial charge >= 0.3 is 0 Å². The molecule has 2 unspecified atom stereocenters. The minimum Gasteiger partial charge on any atom is -0.493 e. The summed E-state index contributed by atoms with van der Waals surface area (Å²) in [6.07, 6.45) is 3.86. The molecule has 19 heavy (non-hydrogen) atoms. The Bertz CT molecular complexity index is 436. The topological polar surface area (TPSA) is 38.3 Å². The maximum Gasteiger partial charge on any atom is 0.223 e. The summed E-state index contributed by atoms with van der Waals surface area (Å²) in [5, 5.41) is 3.08. The van der Waals surface area contributed by atoms with E-state index in [1.54, 1.807) is 0 Å². The van der Waals surface area contributed by atoms with E-state index in [2.05, 4.69) is 28.2 Å². The molecule has 104 valence electrons. The standard InChI is InChI=1S/C15H20BrNO2/c1-11-5-6-13(9-11)17-15(18)7-8-19-14-4-2-3-12(16)10-14/h2-4,10-11,13H,5-9H2,1H3,(H,17,18). The van der Waals surface area contributed by atoms with Crippen LogP contribution in [0.25, 0.3) is 0 Å². The minimum absolute atomic E-state index is 0.0918. The van der Waals surface area contributed by atoms with Crippen LogP contribution < -0.4 is 10.1 Å². The number of ether oxygens (including phenoxy) is 1. The van der Waals surface area contributed by atoms with Crippen LogP contribution in [0.2, 0.25) is 0 Å². The fraction of sp³-hybridized carbons (Fsp3) is 0.533. The molecule has 2 atom stereocenters. The van der Waals surface area contributed by atoms with Crippen LogP contribution in [0.15, 0.2) is 28.7 Å². The highest BCUT2D eigenvalue weighted by Gasteiger charge is 2.22. The lowest BCUT2D eigenvalue weighted by atomic mass is 10.1. The van der Waals surface area contributed by atoms with Crippen molar-refractivity contribution in [3.63, 3.8) is 0 Å². The molecule has 0 radical (unpaired) electrons. The summed E-state index contributed by atoms with van der Waals surface area (Å²) in [7, 11) is 0. The summed E-state index contributed by atoms with van der Waals surface area (Å²) >= 11 is 3.39. The van der Waals surface area contributed by atoms with Gasteiger partial charge < -0.3 is 10.1 Å². The molecule has 1 fully saturated rings. The van der Waals surface area contributed by atoms with Gasteiger partial charge in [0.2, 0.25) is 5.91 Å². The van der Waals surface area contributed by atoms with E-state index in [-0.39, 0.29) is 5.91 Å². The predicted molar refractivity (Wildman–Crippen MR) is 79.2 cm³/mol. The van der Waals surface area contributed by atoms with Gasteiger partial charge in [0.15, 0.2) is 0 Å². The van der Waals surface area contributed by atoms with E-state index >= 15 is 0 Å². The Morgan fingerprint density at radius 1 is 1.47 bits per heavy atom. The number of benzene rings is 1. The van der Waals surface area contributed by atoms with Gasteiger partial charge in [-0.15, -0.1) is 0 Å². The molecule has 3 nitrogen and oxygen atoms in total. The quantitative estimate of drug-likeness (QED) is 0.899. The van der Waals surface area contributed by atoms with E-state index in [0.717, 1.165) is 29.0 Å². The largest absolute Gasteiger partial charge is 0.493 e. The van der Waals surface area contributed by atoms with Crippen LogP contribution in [0.3, 0.4) is 0 Å². The summed E-state index contributed by atoms with van der Waals surface area (Å²) in [6, 6.07) is 8.02. The van der Waals surface area contributed by atoms with Crippen molar-refractivity contribution in [1.29, 1.82) is 0 Å². The molecule has 4 heteroatoms. The number of carbonyl (C=O) groups excluding carboxylic acids is 1. The lowest BCUT2D eigenvalue weighted by molar-refractivity contribution is -0.122. The maximum absolute atomic E-state index is 11.8. The monoisotopic (exact) mass is 325 g/mol. The molecule has 1 aliphatic carbocycles. The van der Waals surface area contributed by atoms with Gasteiger partial charge in [0.25, 0.3) is 0 Å². The number of amides is 1. The summed E-state index contributed by atoms with van der Waals surface area (Å²) in [5.41, 5.74) is 0. The number of hydrogen-bond acceptors (Lipinski definition) is 2. The highest BCUT2D eigenvalue weighted by atomic mass is 79.9. The molecular formula is C15H20BrNO2. The third-order valence-corrected chi connectivity index (χ3v) is 3.95. The minimum atomic E-state index is 0.0918. The summed E-state index contributed by atoms with van der Waals surface area (Å²) < 4.78 is 6.53. The van der Waals surface area contributed by atoms with Gasteiger partial charge in [0.05, 0.1) is 13.0 Å². The van der Waals surface area contributed by atoms with E-state index in [1.165, 1.54) is 6.42 Å². The van der Waals surface area contributed by atoms with E-state index in [0.29, 0.717) is 19.1 Å². The highest BCUT2D eigenvalue weighted by Crippen LogP contribution is 2.24. The molecule has 1 saturated carbocycles. The van der Waals surface area contributed by atoms with Gasteiger partial charge in [-0.2, -0.15) is 0 Å².